The van der Waals surface area contributed by atoms with Gasteiger partial charge < -0.3 is 14.8 Å². The molecule has 0 aliphatic rings. The number of hydrogen-bond acceptors (Lipinski definition) is 5. The maximum atomic E-state index is 12.3. The summed E-state index contributed by atoms with van der Waals surface area (Å²) in [5.74, 6) is 0.806. The normalized spacial score (nSPS) is 10.5. The molecule has 0 aliphatic heterocycles. The Morgan fingerprint density at radius 2 is 1.64 bits per heavy atom. The molecule has 0 aliphatic carbocycles. The van der Waals surface area contributed by atoms with Crippen LogP contribution in [0.25, 0.3) is 21.8 Å². The largest absolute Gasteiger partial charge is 0.486 e. The van der Waals surface area contributed by atoms with Gasteiger partial charge in [0.2, 0.25) is 0 Å². The summed E-state index contributed by atoms with van der Waals surface area (Å²) < 4.78 is 11.2. The van der Waals surface area contributed by atoms with E-state index in [1.54, 1.807) is 29.5 Å². The van der Waals surface area contributed by atoms with Gasteiger partial charge in [0.15, 0.2) is 18.1 Å². The van der Waals surface area contributed by atoms with Crippen molar-refractivity contribution in [1.82, 2.24) is 4.98 Å². The smallest absolute Gasteiger partial charge is 0.262 e. The molecule has 0 unspecified atom stereocenters. The fourth-order valence-electron chi connectivity index (χ4n) is 3.03. The van der Waals surface area contributed by atoms with Crippen LogP contribution in [0.1, 0.15) is 0 Å². The van der Waals surface area contributed by atoms with Gasteiger partial charge in [0.1, 0.15) is 11.6 Å². The number of benzene rings is 3. The van der Waals surface area contributed by atoms with Gasteiger partial charge in [-0.25, -0.2) is 4.98 Å². The number of nitrogens with one attached hydrogen (secondary N) is 1. The molecule has 166 valence electrons. The Bertz CT molecular complexity index is 1240. The molecule has 33 heavy (non-hydrogen) atoms. The Morgan fingerprint density at radius 3 is 2.33 bits per heavy atom. The molecule has 4 rings (SSSR count). The number of hydrogen-bond donors (Lipinski definition) is 1. The van der Waals surface area contributed by atoms with Gasteiger partial charge in [-0.15, -0.1) is 11.3 Å². The van der Waals surface area contributed by atoms with Gasteiger partial charge in [-0.3, -0.25) is 4.79 Å². The molecule has 1 heterocycles. The van der Waals surface area contributed by atoms with Gasteiger partial charge in [0.05, 0.1) is 5.69 Å². The van der Waals surface area contributed by atoms with Gasteiger partial charge in [0.25, 0.3) is 5.91 Å². The number of nitrogens with zero attached hydrogens (tertiary/aromatic N) is 1. The summed E-state index contributed by atoms with van der Waals surface area (Å²) in [6, 6.07) is 22.4. The highest BCUT2D eigenvalue weighted by molar-refractivity contribution is 7.13. The topological polar surface area (TPSA) is 60.5 Å². The molecular weight excluding hydrogens is 456 g/mol. The predicted octanol–water partition coefficient (Wildman–Crippen LogP) is 6.71. The molecule has 0 radical (unpaired) electrons. The average molecular weight is 477 g/mol. The van der Waals surface area contributed by atoms with E-state index in [1.807, 2.05) is 66.0 Å². The lowest BCUT2D eigenvalue weighted by atomic mass is 10.1. The van der Waals surface area contributed by atoms with E-state index >= 15 is 0 Å². The maximum Gasteiger partial charge on any atom is 0.262 e. The van der Waals surface area contributed by atoms with Gasteiger partial charge in [0, 0.05) is 27.2 Å². The third-order valence-corrected chi connectivity index (χ3v) is 5.77. The molecule has 1 amide bonds. The third kappa shape index (κ3) is 6.00. The highest BCUT2D eigenvalue weighted by Crippen LogP contribution is 2.30. The van der Waals surface area contributed by atoms with E-state index in [0.29, 0.717) is 28.8 Å². The van der Waals surface area contributed by atoms with Crippen molar-refractivity contribution < 1.29 is 14.3 Å². The zero-order valence-corrected chi connectivity index (χ0v) is 19.2. The number of ether oxygens (including phenoxy) is 2. The number of para-hydroxylation sites is 2. The van der Waals surface area contributed by atoms with E-state index in [0.717, 1.165) is 21.8 Å². The molecular formula is C26H21ClN2O3S. The number of rotatable bonds is 9. The molecule has 7 heteroatoms. The van der Waals surface area contributed by atoms with Gasteiger partial charge >= 0.3 is 0 Å². The summed E-state index contributed by atoms with van der Waals surface area (Å²) in [7, 11) is 0. The van der Waals surface area contributed by atoms with Crippen molar-refractivity contribution in [2.24, 2.45) is 0 Å². The second-order valence-corrected chi connectivity index (χ2v) is 8.30. The lowest BCUT2D eigenvalue weighted by Crippen LogP contribution is -2.20. The van der Waals surface area contributed by atoms with E-state index in [4.69, 9.17) is 26.1 Å². The number of amides is 1. The Morgan fingerprint density at radius 1 is 0.970 bits per heavy atom. The fourth-order valence-corrected chi connectivity index (χ4v) is 3.99. The van der Waals surface area contributed by atoms with Crippen LogP contribution in [-0.4, -0.2) is 24.1 Å². The van der Waals surface area contributed by atoms with Crippen LogP contribution in [0.15, 0.2) is 90.8 Å². The minimum absolute atomic E-state index is 0.132. The fraction of sp³-hybridized carbons (Fsp3) is 0.0769. The maximum absolute atomic E-state index is 12.3. The van der Waals surface area contributed by atoms with E-state index in [9.17, 15) is 4.79 Å². The molecule has 0 saturated heterocycles. The second-order valence-electron chi connectivity index (χ2n) is 7.01. The van der Waals surface area contributed by atoms with E-state index < -0.39 is 0 Å². The molecule has 1 N–H and O–H groups in total. The first-order valence-electron chi connectivity index (χ1n) is 10.2. The Labute approximate surface area is 201 Å². The molecule has 0 saturated carbocycles. The summed E-state index contributed by atoms with van der Waals surface area (Å²) in [5, 5.41) is 6.47. The standard InChI is InChI=1S/C26H21ClN2O3S/c1-2-15-31-23-5-3-4-6-24(23)32-16-25(30)28-21-13-9-18(10-14-21)22-17-33-26(29-22)19-7-11-20(27)12-8-19/h2-14,17H,1,15-16H2,(H,28,30). The summed E-state index contributed by atoms with van der Waals surface area (Å²) in [5.41, 5.74) is 3.55. The SMILES string of the molecule is C=CCOc1ccccc1OCC(=O)Nc1ccc(-c2csc(-c3ccc(Cl)cc3)n2)cc1. The third-order valence-electron chi connectivity index (χ3n) is 4.62. The van der Waals surface area contributed by atoms with Crippen molar-refractivity contribution in [3.8, 4) is 33.3 Å². The van der Waals surface area contributed by atoms with E-state index in [2.05, 4.69) is 11.9 Å². The van der Waals surface area contributed by atoms with Crippen LogP contribution in [0.4, 0.5) is 5.69 Å². The number of thiazole rings is 1. The zero-order valence-electron chi connectivity index (χ0n) is 17.7. The van der Waals surface area contributed by atoms with Crippen LogP contribution >= 0.6 is 22.9 Å². The number of halogens is 1. The molecule has 0 atom stereocenters. The van der Waals surface area contributed by atoms with Crippen LogP contribution in [0.3, 0.4) is 0 Å². The number of aromatic nitrogens is 1. The molecule has 0 fully saturated rings. The molecule has 3 aromatic carbocycles. The predicted molar refractivity (Wildman–Crippen MR) is 134 cm³/mol. The molecule has 0 spiro atoms. The van der Waals surface area contributed by atoms with Crippen LogP contribution in [-0.2, 0) is 4.79 Å². The number of anilines is 1. The Kier molecular flexibility index (Phi) is 7.40. The van der Waals surface area contributed by atoms with Crippen LogP contribution in [0, 0.1) is 0 Å². The lowest BCUT2D eigenvalue weighted by Gasteiger charge is -2.12. The van der Waals surface area contributed by atoms with Crippen LogP contribution in [0.5, 0.6) is 11.5 Å². The van der Waals surface area contributed by atoms with Crippen LogP contribution < -0.4 is 14.8 Å². The minimum atomic E-state index is -0.264. The average Bonchev–Trinajstić information content (AvgIpc) is 3.33. The van der Waals surface area contributed by atoms with E-state index in [-0.39, 0.29) is 12.5 Å². The van der Waals surface area contributed by atoms with Crippen molar-refractivity contribution in [1.29, 1.82) is 0 Å². The monoisotopic (exact) mass is 476 g/mol. The molecule has 4 aromatic rings. The highest BCUT2D eigenvalue weighted by Gasteiger charge is 2.10. The Hall–Kier alpha value is -3.61. The second kappa shape index (κ2) is 10.8. The quantitative estimate of drug-likeness (QED) is 0.272. The Balaban J connectivity index is 1.35. The first kappa shape index (κ1) is 22.6. The summed E-state index contributed by atoms with van der Waals surface area (Å²) in [6.45, 7) is 3.86. The highest BCUT2D eigenvalue weighted by atomic mass is 35.5. The number of carbonyl (C=O) groups excluding carboxylic acids is 1. The first-order valence-corrected chi connectivity index (χ1v) is 11.5. The van der Waals surface area contributed by atoms with Gasteiger partial charge in [-0.05, 0) is 36.4 Å². The molecule has 5 nitrogen and oxygen atoms in total. The van der Waals surface area contributed by atoms with E-state index in [1.165, 1.54) is 0 Å². The van der Waals surface area contributed by atoms with Crippen molar-refractivity contribution in [3.05, 3.63) is 95.9 Å². The number of carbonyl (C=O) groups is 1. The summed E-state index contributed by atoms with van der Waals surface area (Å²) in [6.07, 6.45) is 1.65. The summed E-state index contributed by atoms with van der Waals surface area (Å²) in [4.78, 5) is 17.1. The lowest BCUT2D eigenvalue weighted by molar-refractivity contribution is -0.118. The zero-order chi connectivity index (χ0) is 23.0. The van der Waals surface area contributed by atoms with Crippen molar-refractivity contribution in [2.45, 2.75) is 0 Å². The van der Waals surface area contributed by atoms with Gasteiger partial charge in [-0.1, -0.05) is 60.7 Å². The van der Waals surface area contributed by atoms with Crippen LogP contribution in [0.2, 0.25) is 5.02 Å². The molecule has 0 bridgehead atoms. The van der Waals surface area contributed by atoms with Crippen molar-refractivity contribution in [3.63, 3.8) is 0 Å². The summed E-state index contributed by atoms with van der Waals surface area (Å²) >= 11 is 7.54. The minimum Gasteiger partial charge on any atom is -0.486 e. The van der Waals surface area contributed by atoms with Crippen molar-refractivity contribution >= 4 is 34.5 Å². The first-order chi connectivity index (χ1) is 16.1. The van der Waals surface area contributed by atoms with Gasteiger partial charge in [-0.2, -0.15) is 0 Å². The van der Waals surface area contributed by atoms with Crippen molar-refractivity contribution in [2.75, 3.05) is 18.5 Å². The molecule has 1 aromatic heterocycles.